The lowest BCUT2D eigenvalue weighted by atomic mass is 10.1. The summed E-state index contributed by atoms with van der Waals surface area (Å²) in [5.41, 5.74) is 3.17. The lowest BCUT2D eigenvalue weighted by Crippen LogP contribution is -2.25. The molecule has 162 valence electrons. The Morgan fingerprint density at radius 1 is 1.06 bits per heavy atom. The monoisotopic (exact) mass is 422 g/mol. The van der Waals surface area contributed by atoms with E-state index in [1.165, 1.54) is 6.20 Å². The van der Waals surface area contributed by atoms with E-state index < -0.39 is 6.03 Å². The molecule has 0 radical (unpaired) electrons. The number of hydrogen-bond donors (Lipinski definition) is 3. The minimum absolute atomic E-state index is 0.330. The zero-order valence-corrected chi connectivity index (χ0v) is 17.8. The highest BCUT2D eigenvalue weighted by Crippen LogP contribution is 2.28. The molecular weight excluding hydrogens is 396 g/mol. The van der Waals surface area contributed by atoms with Crippen LogP contribution in [-0.2, 0) is 11.2 Å². The van der Waals surface area contributed by atoms with Crippen molar-refractivity contribution in [1.29, 1.82) is 0 Å². The Balaban J connectivity index is 1.61. The van der Waals surface area contributed by atoms with Gasteiger partial charge in [0.05, 0.1) is 30.9 Å². The fourth-order valence-electron chi connectivity index (χ4n) is 2.92. The van der Waals surface area contributed by atoms with Crippen molar-refractivity contribution < 1.29 is 14.3 Å². The van der Waals surface area contributed by atoms with Crippen molar-refractivity contribution in [1.82, 2.24) is 20.3 Å². The van der Waals surface area contributed by atoms with Crippen LogP contribution in [0, 0.1) is 6.92 Å². The van der Waals surface area contributed by atoms with E-state index in [4.69, 9.17) is 9.47 Å². The topological polar surface area (TPSA) is 110 Å². The summed E-state index contributed by atoms with van der Waals surface area (Å²) < 4.78 is 11.0. The summed E-state index contributed by atoms with van der Waals surface area (Å²) in [5, 5.41) is 8.75. The van der Waals surface area contributed by atoms with Crippen LogP contribution in [0.15, 0.2) is 55.0 Å². The molecule has 9 nitrogen and oxygen atoms in total. The van der Waals surface area contributed by atoms with Gasteiger partial charge < -0.3 is 14.8 Å². The molecule has 2 aromatic heterocycles. The summed E-state index contributed by atoms with van der Waals surface area (Å²) in [7, 11) is 3.18. The predicted octanol–water partition coefficient (Wildman–Crippen LogP) is 3.31. The summed E-state index contributed by atoms with van der Waals surface area (Å²) in [6, 6.07) is 10.9. The van der Waals surface area contributed by atoms with E-state index in [-0.39, 0.29) is 6.23 Å². The fraction of sp³-hybridized carbons (Fsp3) is 0.273. The molecule has 0 aliphatic rings. The molecule has 0 bridgehead atoms. The molecule has 0 aliphatic heterocycles. The van der Waals surface area contributed by atoms with Crippen LogP contribution in [0.5, 0.6) is 5.75 Å². The zero-order valence-electron chi connectivity index (χ0n) is 17.8. The Labute approximate surface area is 181 Å². The van der Waals surface area contributed by atoms with Crippen LogP contribution < -0.4 is 20.7 Å². The number of ether oxygens (including phenoxy) is 2. The second kappa shape index (κ2) is 11.0. The van der Waals surface area contributed by atoms with Crippen LogP contribution in [-0.4, -0.2) is 41.7 Å². The molecule has 31 heavy (non-hydrogen) atoms. The zero-order chi connectivity index (χ0) is 22.1. The van der Waals surface area contributed by atoms with Crippen LogP contribution >= 0.6 is 0 Å². The normalized spacial score (nSPS) is 11.6. The third-order valence-corrected chi connectivity index (χ3v) is 4.47. The molecule has 2 amide bonds. The van der Waals surface area contributed by atoms with Gasteiger partial charge in [0.15, 0.2) is 5.82 Å². The third kappa shape index (κ3) is 6.46. The Bertz CT molecular complexity index is 982. The van der Waals surface area contributed by atoms with Crippen molar-refractivity contribution in [2.24, 2.45) is 0 Å². The average Bonchev–Trinajstić information content (AvgIpc) is 2.79. The predicted molar refractivity (Wildman–Crippen MR) is 118 cm³/mol. The number of rotatable bonds is 9. The summed E-state index contributed by atoms with van der Waals surface area (Å²) in [6.45, 7) is 2.52. The number of benzene rings is 1. The van der Waals surface area contributed by atoms with Crippen LogP contribution in [0.2, 0.25) is 0 Å². The maximum Gasteiger partial charge on any atom is 0.324 e. The highest BCUT2D eigenvalue weighted by Gasteiger charge is 2.15. The first-order chi connectivity index (χ1) is 15.1. The number of carbonyl (C=O) groups excluding carboxylic acids is 1. The maximum absolute atomic E-state index is 12.3. The minimum Gasteiger partial charge on any atom is -0.495 e. The summed E-state index contributed by atoms with van der Waals surface area (Å²) in [6.07, 6.45) is 5.30. The maximum atomic E-state index is 12.3. The molecule has 3 N–H and O–H groups in total. The Hall–Kier alpha value is -3.56. The molecule has 3 aromatic rings. The van der Waals surface area contributed by atoms with Gasteiger partial charge in [-0.1, -0.05) is 12.1 Å². The Morgan fingerprint density at radius 3 is 2.61 bits per heavy atom. The largest absolute Gasteiger partial charge is 0.495 e. The van der Waals surface area contributed by atoms with E-state index in [0.29, 0.717) is 23.8 Å². The molecule has 9 heteroatoms. The highest BCUT2D eigenvalue weighted by molar-refractivity contribution is 6.00. The van der Waals surface area contributed by atoms with Crippen LogP contribution in [0.1, 0.15) is 23.2 Å². The summed E-state index contributed by atoms with van der Waals surface area (Å²) in [5.74, 6) is 0.867. The van der Waals surface area contributed by atoms with Gasteiger partial charge in [-0.25, -0.2) is 9.78 Å². The van der Waals surface area contributed by atoms with Crippen LogP contribution in [0.3, 0.4) is 0 Å². The van der Waals surface area contributed by atoms with Gasteiger partial charge in [0.2, 0.25) is 0 Å². The molecule has 0 saturated heterocycles. The number of nitrogens with one attached hydrogen (secondary N) is 3. The number of aromatic nitrogens is 3. The molecule has 1 aromatic carbocycles. The second-order valence-corrected chi connectivity index (χ2v) is 6.72. The number of methoxy groups -OCH3 is 2. The van der Waals surface area contributed by atoms with E-state index in [1.54, 1.807) is 32.7 Å². The Morgan fingerprint density at radius 2 is 1.94 bits per heavy atom. The van der Waals surface area contributed by atoms with Crippen molar-refractivity contribution in [3.05, 3.63) is 71.9 Å². The molecule has 1 atom stereocenters. The van der Waals surface area contributed by atoms with Gasteiger partial charge in [0, 0.05) is 32.0 Å². The average molecular weight is 422 g/mol. The van der Waals surface area contributed by atoms with E-state index in [1.807, 2.05) is 37.3 Å². The molecule has 0 spiro atoms. The number of urea groups is 1. The molecule has 0 saturated carbocycles. The molecule has 1 unspecified atom stereocenters. The van der Waals surface area contributed by atoms with Gasteiger partial charge in [-0.2, -0.15) is 0 Å². The van der Waals surface area contributed by atoms with Gasteiger partial charge in [-0.05, 0) is 36.8 Å². The van der Waals surface area contributed by atoms with E-state index in [9.17, 15) is 4.79 Å². The van der Waals surface area contributed by atoms with E-state index >= 15 is 0 Å². The van der Waals surface area contributed by atoms with Crippen LogP contribution in [0.25, 0.3) is 0 Å². The second-order valence-electron chi connectivity index (χ2n) is 6.72. The number of amides is 2. The SMILES string of the molecule is COc1cc(C(NCCc2ccccn2)OC)ccc1NC(=O)Nc1cnc(C)cn1. The first-order valence-electron chi connectivity index (χ1n) is 9.79. The lowest BCUT2D eigenvalue weighted by Gasteiger charge is -2.19. The third-order valence-electron chi connectivity index (χ3n) is 4.47. The highest BCUT2D eigenvalue weighted by atomic mass is 16.5. The molecule has 2 heterocycles. The molecule has 3 rings (SSSR count). The van der Waals surface area contributed by atoms with Gasteiger partial charge in [-0.3, -0.25) is 20.6 Å². The van der Waals surface area contributed by atoms with Crippen molar-refractivity contribution >= 4 is 17.5 Å². The molecule has 0 aliphatic carbocycles. The van der Waals surface area contributed by atoms with Crippen LogP contribution in [0.4, 0.5) is 16.3 Å². The van der Waals surface area contributed by atoms with Gasteiger partial charge >= 0.3 is 6.03 Å². The van der Waals surface area contributed by atoms with E-state index in [0.717, 1.165) is 23.4 Å². The lowest BCUT2D eigenvalue weighted by molar-refractivity contribution is 0.0741. The van der Waals surface area contributed by atoms with Gasteiger partial charge in [0.1, 0.15) is 12.0 Å². The van der Waals surface area contributed by atoms with Gasteiger partial charge in [0.25, 0.3) is 0 Å². The number of nitrogens with zero attached hydrogens (tertiary/aromatic N) is 3. The summed E-state index contributed by atoms with van der Waals surface area (Å²) in [4.78, 5) is 24.8. The number of pyridine rings is 1. The number of anilines is 2. The smallest absolute Gasteiger partial charge is 0.324 e. The van der Waals surface area contributed by atoms with Crippen molar-refractivity contribution in [3.8, 4) is 5.75 Å². The van der Waals surface area contributed by atoms with E-state index in [2.05, 4.69) is 30.9 Å². The standard InChI is InChI=1S/C22H26N6O3/c1-15-13-26-20(14-25-15)28-22(29)27-18-8-7-16(12-19(18)30-2)21(31-3)24-11-9-17-6-4-5-10-23-17/h4-8,10,12-14,21,24H,9,11H2,1-3H3,(H2,26,27,28,29). The van der Waals surface area contributed by atoms with Crippen molar-refractivity contribution in [2.75, 3.05) is 31.4 Å². The number of hydrogen-bond acceptors (Lipinski definition) is 7. The Kier molecular flexibility index (Phi) is 7.85. The first kappa shape index (κ1) is 22.1. The fourth-order valence-corrected chi connectivity index (χ4v) is 2.92. The quantitative estimate of drug-likeness (QED) is 0.454. The number of aryl methyl sites for hydroxylation is 1. The summed E-state index contributed by atoms with van der Waals surface area (Å²) >= 11 is 0. The van der Waals surface area contributed by atoms with Crippen molar-refractivity contribution in [2.45, 2.75) is 19.6 Å². The molecule has 0 fully saturated rings. The van der Waals surface area contributed by atoms with Gasteiger partial charge in [-0.15, -0.1) is 0 Å². The number of carbonyl (C=O) groups is 1. The minimum atomic E-state index is -0.444. The van der Waals surface area contributed by atoms with Crippen molar-refractivity contribution in [3.63, 3.8) is 0 Å². The first-order valence-corrected chi connectivity index (χ1v) is 9.79. The molecular formula is C22H26N6O3.